The van der Waals surface area contributed by atoms with Gasteiger partial charge < -0.3 is 5.73 Å². The van der Waals surface area contributed by atoms with Crippen molar-refractivity contribution >= 4 is 23.6 Å². The van der Waals surface area contributed by atoms with Gasteiger partial charge in [0.15, 0.2) is 0 Å². The fourth-order valence-corrected chi connectivity index (χ4v) is 1.67. The molecule has 2 nitrogen and oxygen atoms in total. The van der Waals surface area contributed by atoms with Crippen LogP contribution in [0.2, 0.25) is 0 Å². The van der Waals surface area contributed by atoms with Gasteiger partial charge in [0.1, 0.15) is 0 Å². The van der Waals surface area contributed by atoms with Crippen LogP contribution < -0.4 is 5.73 Å². The summed E-state index contributed by atoms with van der Waals surface area (Å²) in [5.41, 5.74) is 5.41. The largest absolute Gasteiger partial charge is 4.00 e. The van der Waals surface area contributed by atoms with Gasteiger partial charge in [-0.2, -0.15) is 0 Å². The first-order valence-electron chi connectivity index (χ1n) is 3.56. The molecule has 1 rings (SSSR count). The average molecular weight is 378 g/mol. The second-order valence-electron chi connectivity index (χ2n) is 2.90. The topological polar surface area (TPSA) is 29.3 Å². The molecule has 0 saturated heterocycles. The first kappa shape index (κ1) is 12.2. The van der Waals surface area contributed by atoms with Crippen LogP contribution in [0.25, 0.3) is 0 Å². The molecule has 0 bridgehead atoms. The van der Waals surface area contributed by atoms with Crippen LogP contribution in [0, 0.1) is 0 Å². The number of nitrogens with two attached hydrogens (primary N) is 1. The van der Waals surface area contributed by atoms with Crippen LogP contribution in [-0.2, 0) is 21.1 Å². The second kappa shape index (κ2) is 5.03. The van der Waals surface area contributed by atoms with Crippen molar-refractivity contribution in [2.24, 2.45) is 5.73 Å². The van der Waals surface area contributed by atoms with Gasteiger partial charge in [-0.25, -0.2) is 0 Å². The van der Waals surface area contributed by atoms with Gasteiger partial charge in [0, 0.05) is 0 Å². The zero-order valence-electron chi connectivity index (χ0n) is 6.13. The minimum Gasteiger partial charge on any atom is -0.311 e. The van der Waals surface area contributed by atoms with E-state index >= 15 is 0 Å². The SMILES string of the molecule is NC1(N(Cl)Cl)CCCCC1.[Pt+4]. The predicted octanol–water partition coefficient (Wildman–Crippen LogP) is 2.21. The summed E-state index contributed by atoms with van der Waals surface area (Å²) in [6.07, 6.45) is 5.32. The Labute approximate surface area is 91.9 Å². The van der Waals surface area contributed by atoms with Crippen molar-refractivity contribution in [2.45, 2.75) is 37.8 Å². The predicted molar refractivity (Wildman–Crippen MR) is 43.5 cm³/mol. The summed E-state index contributed by atoms with van der Waals surface area (Å²) >= 11 is 11.1. The molecule has 66 valence electrons. The first-order valence-corrected chi connectivity index (χ1v) is 4.23. The molecule has 5 heteroatoms. The summed E-state index contributed by atoms with van der Waals surface area (Å²) in [5.74, 6) is 0. The van der Waals surface area contributed by atoms with Gasteiger partial charge in [0.05, 0.1) is 5.66 Å². The van der Waals surface area contributed by atoms with Crippen molar-refractivity contribution < 1.29 is 21.1 Å². The van der Waals surface area contributed by atoms with Crippen LogP contribution in [0.15, 0.2) is 0 Å². The van der Waals surface area contributed by atoms with Crippen molar-refractivity contribution in [3.05, 3.63) is 0 Å². The molecule has 0 radical (unpaired) electrons. The van der Waals surface area contributed by atoms with E-state index < -0.39 is 5.66 Å². The Kier molecular flexibility index (Phi) is 5.58. The molecule has 1 aliphatic rings. The van der Waals surface area contributed by atoms with E-state index in [-0.39, 0.29) is 21.1 Å². The molecule has 0 aromatic heterocycles. The molecule has 0 aromatic carbocycles. The monoisotopic (exact) mass is 377 g/mol. The fraction of sp³-hybridized carbons (Fsp3) is 1.00. The average Bonchev–Trinajstić information content (AvgIpc) is 1.89. The molecule has 1 fully saturated rings. The third-order valence-electron chi connectivity index (χ3n) is 2.06. The summed E-state index contributed by atoms with van der Waals surface area (Å²) in [6.45, 7) is 0. The molecule has 0 unspecified atom stereocenters. The molecule has 0 atom stereocenters. The Morgan fingerprint density at radius 2 is 1.55 bits per heavy atom. The number of hydrogen-bond acceptors (Lipinski definition) is 2. The molecule has 0 spiro atoms. The van der Waals surface area contributed by atoms with Gasteiger partial charge >= 0.3 is 21.1 Å². The molecule has 0 aromatic rings. The molecular formula is C6H12Cl2N2Pt+4. The molecule has 0 heterocycles. The summed E-state index contributed by atoms with van der Waals surface area (Å²) in [4.78, 5) is 0. The van der Waals surface area contributed by atoms with Gasteiger partial charge in [-0.1, -0.05) is 19.3 Å². The van der Waals surface area contributed by atoms with E-state index in [2.05, 4.69) is 0 Å². The fourth-order valence-electron chi connectivity index (χ4n) is 1.33. The summed E-state index contributed by atoms with van der Waals surface area (Å²) < 4.78 is 1.10. The smallest absolute Gasteiger partial charge is 0.311 e. The summed E-state index contributed by atoms with van der Waals surface area (Å²) in [7, 11) is 0. The normalized spacial score (nSPS) is 22.9. The Balaban J connectivity index is 0.000001000. The van der Waals surface area contributed by atoms with Crippen LogP contribution in [0.4, 0.5) is 0 Å². The number of nitrogens with zero attached hydrogens (tertiary/aromatic N) is 1. The van der Waals surface area contributed by atoms with Gasteiger partial charge in [-0.3, -0.25) is 0 Å². The van der Waals surface area contributed by atoms with E-state index in [0.717, 1.165) is 29.6 Å². The van der Waals surface area contributed by atoms with Crippen molar-refractivity contribution in [3.8, 4) is 0 Å². The first-order chi connectivity index (χ1) is 4.65. The van der Waals surface area contributed by atoms with Crippen molar-refractivity contribution in [1.29, 1.82) is 0 Å². The van der Waals surface area contributed by atoms with Crippen LogP contribution in [0.1, 0.15) is 32.1 Å². The molecule has 1 saturated carbocycles. The van der Waals surface area contributed by atoms with E-state index in [1.807, 2.05) is 0 Å². The van der Waals surface area contributed by atoms with E-state index in [0.29, 0.717) is 0 Å². The van der Waals surface area contributed by atoms with Gasteiger partial charge in [0.25, 0.3) is 0 Å². The third kappa shape index (κ3) is 3.20. The maximum atomic E-state index is 5.86. The maximum Gasteiger partial charge on any atom is 4.00 e. The van der Waals surface area contributed by atoms with E-state index in [9.17, 15) is 0 Å². The molecule has 1 aliphatic carbocycles. The molecule has 0 amide bonds. The van der Waals surface area contributed by atoms with Crippen molar-refractivity contribution in [1.82, 2.24) is 3.94 Å². The van der Waals surface area contributed by atoms with E-state index in [4.69, 9.17) is 29.3 Å². The van der Waals surface area contributed by atoms with Crippen LogP contribution in [-0.4, -0.2) is 9.60 Å². The van der Waals surface area contributed by atoms with Gasteiger partial charge in [-0.05, 0) is 36.4 Å². The molecular weight excluding hydrogens is 366 g/mol. The Hall–Kier alpha value is 1.19. The Morgan fingerprint density at radius 1 is 1.09 bits per heavy atom. The molecule has 11 heavy (non-hydrogen) atoms. The van der Waals surface area contributed by atoms with Crippen LogP contribution >= 0.6 is 23.6 Å². The number of hydrogen-bond donors (Lipinski definition) is 1. The standard InChI is InChI=1S/C6H12Cl2N2.Pt/c7-10(8)6(9)4-2-1-3-5-6;/h1-5,9H2;/q;+4. The molecule has 2 N–H and O–H groups in total. The minimum absolute atomic E-state index is 0. The van der Waals surface area contributed by atoms with Crippen molar-refractivity contribution in [3.63, 3.8) is 0 Å². The number of halogens is 2. The third-order valence-corrected chi connectivity index (χ3v) is 2.73. The van der Waals surface area contributed by atoms with Crippen LogP contribution in [0.5, 0.6) is 0 Å². The van der Waals surface area contributed by atoms with E-state index in [1.165, 1.54) is 6.42 Å². The van der Waals surface area contributed by atoms with Crippen LogP contribution in [0.3, 0.4) is 0 Å². The second-order valence-corrected chi connectivity index (χ2v) is 3.75. The Morgan fingerprint density at radius 3 is 1.82 bits per heavy atom. The number of rotatable bonds is 1. The Bertz CT molecular complexity index is 115. The van der Waals surface area contributed by atoms with Gasteiger partial charge in [0.2, 0.25) is 0 Å². The zero-order valence-corrected chi connectivity index (χ0v) is 9.92. The summed E-state index contributed by atoms with van der Waals surface area (Å²) in [6, 6.07) is 0. The minimum atomic E-state index is -0.457. The summed E-state index contributed by atoms with van der Waals surface area (Å²) in [5, 5.41) is 0. The van der Waals surface area contributed by atoms with E-state index in [1.54, 1.807) is 0 Å². The quantitative estimate of drug-likeness (QED) is 0.560. The van der Waals surface area contributed by atoms with Crippen molar-refractivity contribution in [2.75, 3.05) is 0 Å². The van der Waals surface area contributed by atoms with Gasteiger partial charge in [-0.15, -0.1) is 3.94 Å². The maximum absolute atomic E-state index is 5.86. The molecule has 0 aliphatic heterocycles. The zero-order chi connectivity index (χ0) is 7.61.